The van der Waals surface area contributed by atoms with E-state index < -0.39 is 0 Å². The highest BCUT2D eigenvalue weighted by atomic mass is 16.8. The molecule has 2 nitrogen and oxygen atoms in total. The Morgan fingerprint density at radius 3 is 2.73 bits per heavy atom. The number of ether oxygens (including phenoxy) is 2. The van der Waals surface area contributed by atoms with Crippen molar-refractivity contribution in [3.63, 3.8) is 0 Å². The molecule has 4 unspecified atom stereocenters. The standard InChI is InChI=1S/C13H22O2/c1-4-10-5-11(9(2)3)6-12(10)7-14-13-8-15-13/h4,9-13H,1,5-8H2,2-3H3. The molecule has 0 radical (unpaired) electrons. The van der Waals surface area contributed by atoms with E-state index in [-0.39, 0.29) is 6.29 Å². The van der Waals surface area contributed by atoms with Gasteiger partial charge in [-0.25, -0.2) is 0 Å². The molecule has 2 fully saturated rings. The Balaban J connectivity index is 1.82. The predicted octanol–water partition coefficient (Wildman–Crippen LogP) is 2.84. The lowest BCUT2D eigenvalue weighted by Gasteiger charge is -2.15. The summed E-state index contributed by atoms with van der Waals surface area (Å²) in [6.45, 7) is 10.2. The molecule has 2 heteroatoms. The van der Waals surface area contributed by atoms with Crippen molar-refractivity contribution in [2.75, 3.05) is 13.2 Å². The number of hydrogen-bond donors (Lipinski definition) is 0. The normalized spacial score (nSPS) is 39.7. The van der Waals surface area contributed by atoms with E-state index in [9.17, 15) is 0 Å². The van der Waals surface area contributed by atoms with Gasteiger partial charge in [-0.3, -0.25) is 0 Å². The summed E-state index contributed by atoms with van der Waals surface area (Å²) in [7, 11) is 0. The van der Waals surface area contributed by atoms with Gasteiger partial charge < -0.3 is 9.47 Å². The molecule has 0 aromatic rings. The Morgan fingerprint density at radius 1 is 1.47 bits per heavy atom. The van der Waals surface area contributed by atoms with Crippen LogP contribution < -0.4 is 0 Å². The maximum atomic E-state index is 5.63. The van der Waals surface area contributed by atoms with Crippen LogP contribution in [0.5, 0.6) is 0 Å². The zero-order valence-corrected chi connectivity index (χ0v) is 9.82. The molecule has 15 heavy (non-hydrogen) atoms. The number of rotatable bonds is 5. The first-order valence-corrected chi connectivity index (χ1v) is 6.06. The average molecular weight is 210 g/mol. The summed E-state index contributed by atoms with van der Waals surface area (Å²) in [6.07, 6.45) is 4.81. The maximum absolute atomic E-state index is 5.63. The monoisotopic (exact) mass is 210 g/mol. The van der Waals surface area contributed by atoms with Crippen molar-refractivity contribution >= 4 is 0 Å². The van der Waals surface area contributed by atoms with Crippen LogP contribution in [0, 0.1) is 23.7 Å². The Kier molecular flexibility index (Phi) is 3.47. The Labute approximate surface area is 92.6 Å². The van der Waals surface area contributed by atoms with Gasteiger partial charge in [0.15, 0.2) is 6.29 Å². The highest BCUT2D eigenvalue weighted by Gasteiger charge is 2.35. The second-order valence-electron chi connectivity index (χ2n) is 5.23. The van der Waals surface area contributed by atoms with Crippen LogP contribution in [0.4, 0.5) is 0 Å². The largest absolute Gasteiger partial charge is 0.350 e. The lowest BCUT2D eigenvalue weighted by atomic mass is 9.93. The van der Waals surface area contributed by atoms with Crippen LogP contribution in [0.15, 0.2) is 12.7 Å². The van der Waals surface area contributed by atoms with E-state index in [1.165, 1.54) is 12.8 Å². The van der Waals surface area contributed by atoms with Crippen LogP contribution in [0.3, 0.4) is 0 Å². The summed E-state index contributed by atoms with van der Waals surface area (Å²) in [5.41, 5.74) is 0. The first kappa shape index (κ1) is 11.2. The fourth-order valence-electron chi connectivity index (χ4n) is 2.59. The number of epoxide rings is 1. The summed E-state index contributed by atoms with van der Waals surface area (Å²) in [6, 6.07) is 0. The molecule has 0 aromatic heterocycles. The van der Waals surface area contributed by atoms with Crippen LogP contribution in [0.1, 0.15) is 26.7 Å². The van der Waals surface area contributed by atoms with E-state index in [1.54, 1.807) is 0 Å². The van der Waals surface area contributed by atoms with Crippen molar-refractivity contribution in [3.8, 4) is 0 Å². The summed E-state index contributed by atoms with van der Waals surface area (Å²) in [4.78, 5) is 0. The van der Waals surface area contributed by atoms with Gasteiger partial charge in [-0.05, 0) is 36.5 Å². The highest BCUT2D eigenvalue weighted by molar-refractivity contribution is 4.93. The lowest BCUT2D eigenvalue weighted by Crippen LogP contribution is -2.14. The van der Waals surface area contributed by atoms with Crippen molar-refractivity contribution in [2.45, 2.75) is 33.0 Å². The highest BCUT2D eigenvalue weighted by Crippen LogP contribution is 2.41. The minimum atomic E-state index is 0.105. The van der Waals surface area contributed by atoms with E-state index in [0.717, 1.165) is 25.0 Å². The molecule has 0 aromatic carbocycles. The van der Waals surface area contributed by atoms with E-state index in [4.69, 9.17) is 9.47 Å². The zero-order chi connectivity index (χ0) is 10.8. The molecule has 1 heterocycles. The summed E-state index contributed by atoms with van der Waals surface area (Å²) < 4.78 is 10.7. The number of hydrogen-bond acceptors (Lipinski definition) is 2. The molecule has 1 saturated carbocycles. The Hall–Kier alpha value is -0.340. The third-order valence-electron chi connectivity index (χ3n) is 3.83. The quantitative estimate of drug-likeness (QED) is 0.514. The fraction of sp³-hybridized carbons (Fsp3) is 0.846. The molecule has 0 N–H and O–H groups in total. The molecule has 1 aliphatic heterocycles. The second kappa shape index (κ2) is 4.67. The van der Waals surface area contributed by atoms with Gasteiger partial charge in [-0.15, -0.1) is 6.58 Å². The van der Waals surface area contributed by atoms with E-state index in [2.05, 4.69) is 26.5 Å². The van der Waals surface area contributed by atoms with Gasteiger partial charge in [0.25, 0.3) is 0 Å². The fourth-order valence-corrected chi connectivity index (χ4v) is 2.59. The molecule has 2 rings (SSSR count). The van der Waals surface area contributed by atoms with Crippen LogP contribution in [-0.2, 0) is 9.47 Å². The van der Waals surface area contributed by atoms with Gasteiger partial charge >= 0.3 is 0 Å². The topological polar surface area (TPSA) is 21.8 Å². The van der Waals surface area contributed by atoms with Gasteiger partial charge in [-0.1, -0.05) is 19.9 Å². The van der Waals surface area contributed by atoms with Crippen LogP contribution >= 0.6 is 0 Å². The Morgan fingerprint density at radius 2 is 2.20 bits per heavy atom. The van der Waals surface area contributed by atoms with E-state index in [1.807, 2.05) is 0 Å². The van der Waals surface area contributed by atoms with Crippen molar-refractivity contribution in [1.82, 2.24) is 0 Å². The van der Waals surface area contributed by atoms with Gasteiger partial charge in [-0.2, -0.15) is 0 Å². The van der Waals surface area contributed by atoms with Gasteiger partial charge in [0, 0.05) is 0 Å². The third kappa shape index (κ3) is 2.82. The molecule has 0 amide bonds. The summed E-state index contributed by atoms with van der Waals surface area (Å²) >= 11 is 0. The van der Waals surface area contributed by atoms with E-state index in [0.29, 0.717) is 11.8 Å². The molecule has 0 bridgehead atoms. The first-order valence-electron chi connectivity index (χ1n) is 6.06. The van der Waals surface area contributed by atoms with Crippen molar-refractivity contribution in [1.29, 1.82) is 0 Å². The maximum Gasteiger partial charge on any atom is 0.181 e. The third-order valence-corrected chi connectivity index (χ3v) is 3.83. The van der Waals surface area contributed by atoms with Crippen LogP contribution in [-0.4, -0.2) is 19.5 Å². The smallest absolute Gasteiger partial charge is 0.181 e. The average Bonchev–Trinajstić information content (AvgIpc) is 2.94. The number of allylic oxidation sites excluding steroid dienone is 1. The van der Waals surface area contributed by atoms with Crippen LogP contribution in [0.25, 0.3) is 0 Å². The minimum absolute atomic E-state index is 0.105. The molecule has 0 spiro atoms. The summed E-state index contributed by atoms with van der Waals surface area (Å²) in [5.74, 6) is 2.95. The first-order chi connectivity index (χ1) is 7.20. The molecule has 1 saturated heterocycles. The SMILES string of the molecule is C=CC1CC(C(C)C)CC1COC1CO1. The Bertz CT molecular complexity index is 221. The predicted molar refractivity (Wildman–Crippen MR) is 60.4 cm³/mol. The van der Waals surface area contributed by atoms with Gasteiger partial charge in [0.2, 0.25) is 0 Å². The molecule has 86 valence electrons. The van der Waals surface area contributed by atoms with Gasteiger partial charge in [0.05, 0.1) is 6.61 Å². The van der Waals surface area contributed by atoms with Crippen molar-refractivity contribution in [3.05, 3.63) is 12.7 Å². The van der Waals surface area contributed by atoms with Gasteiger partial charge in [0.1, 0.15) is 6.61 Å². The second-order valence-corrected chi connectivity index (χ2v) is 5.23. The molecule has 1 aliphatic carbocycles. The van der Waals surface area contributed by atoms with E-state index >= 15 is 0 Å². The van der Waals surface area contributed by atoms with Crippen molar-refractivity contribution in [2.24, 2.45) is 23.7 Å². The zero-order valence-electron chi connectivity index (χ0n) is 9.82. The van der Waals surface area contributed by atoms with Crippen molar-refractivity contribution < 1.29 is 9.47 Å². The summed E-state index contributed by atoms with van der Waals surface area (Å²) in [5, 5.41) is 0. The molecule has 2 aliphatic rings. The molecule has 4 atom stereocenters. The van der Waals surface area contributed by atoms with Crippen LogP contribution in [0.2, 0.25) is 0 Å². The minimum Gasteiger partial charge on any atom is -0.350 e. The lowest BCUT2D eigenvalue weighted by molar-refractivity contribution is 0.0228. The molecular weight excluding hydrogens is 188 g/mol. The molecular formula is C13H22O2.